The van der Waals surface area contributed by atoms with Crippen molar-refractivity contribution in [3.63, 3.8) is 0 Å². The number of carbonyl (C=O) groups excluding carboxylic acids is 1. The van der Waals surface area contributed by atoms with Crippen LogP contribution in [0.4, 0.5) is 14.9 Å². The lowest BCUT2D eigenvalue weighted by Crippen LogP contribution is -2.34. The summed E-state index contributed by atoms with van der Waals surface area (Å²) in [6, 6.07) is 11.3. The monoisotopic (exact) mass is 383 g/mol. The summed E-state index contributed by atoms with van der Waals surface area (Å²) < 4.78 is 18.7. The summed E-state index contributed by atoms with van der Waals surface area (Å²) in [5, 5.41) is 7.01. The molecule has 1 saturated heterocycles. The van der Waals surface area contributed by atoms with Crippen LogP contribution in [0.25, 0.3) is 0 Å². The van der Waals surface area contributed by atoms with Crippen LogP contribution in [0.3, 0.4) is 0 Å². The first-order valence-electron chi connectivity index (χ1n) is 8.68. The first kappa shape index (κ1) is 17.5. The standard InChI is InChI=1S/C20H18FN3O2S/c21-15-3-1-4-17(11-15)26-19-7-6-16(12-22-19)23-20(25)24-9-2-5-18(24)14-8-10-27-13-14/h1,3-4,6-8,10-13,18H,2,5,9H2,(H,23,25)/t18-/m1/s1. The number of ether oxygens (including phenoxy) is 1. The molecule has 1 N–H and O–H groups in total. The van der Waals surface area contributed by atoms with Gasteiger partial charge in [-0.25, -0.2) is 14.2 Å². The van der Waals surface area contributed by atoms with E-state index < -0.39 is 0 Å². The number of amides is 2. The van der Waals surface area contributed by atoms with Crippen molar-refractivity contribution < 1.29 is 13.9 Å². The summed E-state index contributed by atoms with van der Waals surface area (Å²) in [5.41, 5.74) is 1.77. The lowest BCUT2D eigenvalue weighted by molar-refractivity contribution is 0.207. The lowest BCUT2D eigenvalue weighted by Gasteiger charge is -2.24. The summed E-state index contributed by atoms with van der Waals surface area (Å²) in [7, 11) is 0. The Bertz CT molecular complexity index is 915. The van der Waals surface area contributed by atoms with Crippen LogP contribution in [-0.2, 0) is 0 Å². The van der Waals surface area contributed by atoms with Gasteiger partial charge in [0.1, 0.15) is 11.6 Å². The molecule has 3 heterocycles. The molecule has 2 amide bonds. The Balaban J connectivity index is 1.40. The Morgan fingerprint density at radius 2 is 2.22 bits per heavy atom. The normalized spacial score (nSPS) is 16.3. The average Bonchev–Trinajstić information content (AvgIpc) is 3.35. The number of aromatic nitrogens is 1. The van der Waals surface area contributed by atoms with Crippen LogP contribution in [0.5, 0.6) is 11.6 Å². The third-order valence-electron chi connectivity index (χ3n) is 4.45. The van der Waals surface area contributed by atoms with Gasteiger partial charge in [-0.1, -0.05) is 6.07 Å². The zero-order valence-corrected chi connectivity index (χ0v) is 15.3. The second kappa shape index (κ2) is 7.75. The quantitative estimate of drug-likeness (QED) is 0.652. The van der Waals surface area contributed by atoms with Gasteiger partial charge in [0.2, 0.25) is 5.88 Å². The number of halogens is 1. The van der Waals surface area contributed by atoms with Crippen LogP contribution < -0.4 is 10.1 Å². The number of anilines is 1. The number of likely N-dealkylation sites (tertiary alicyclic amines) is 1. The fourth-order valence-electron chi connectivity index (χ4n) is 3.18. The van der Waals surface area contributed by atoms with E-state index in [1.165, 1.54) is 23.9 Å². The number of hydrogen-bond acceptors (Lipinski definition) is 4. The first-order chi connectivity index (χ1) is 13.2. The Kier molecular flexibility index (Phi) is 5.02. The van der Waals surface area contributed by atoms with E-state index in [0.717, 1.165) is 19.4 Å². The van der Waals surface area contributed by atoms with Crippen LogP contribution in [-0.4, -0.2) is 22.5 Å². The molecule has 3 aromatic rings. The second-order valence-electron chi connectivity index (χ2n) is 6.28. The number of rotatable bonds is 4. The van der Waals surface area contributed by atoms with Gasteiger partial charge >= 0.3 is 6.03 Å². The molecule has 0 bridgehead atoms. The molecule has 1 aliphatic heterocycles. The number of thiophene rings is 1. The molecule has 4 rings (SSSR count). The molecule has 0 aliphatic carbocycles. The third kappa shape index (κ3) is 4.09. The van der Waals surface area contributed by atoms with Gasteiger partial charge in [0.05, 0.1) is 17.9 Å². The smallest absolute Gasteiger partial charge is 0.322 e. The summed E-state index contributed by atoms with van der Waals surface area (Å²) in [6.07, 6.45) is 3.50. The zero-order valence-electron chi connectivity index (χ0n) is 14.5. The van der Waals surface area contributed by atoms with Crippen molar-refractivity contribution in [3.8, 4) is 11.6 Å². The molecule has 27 heavy (non-hydrogen) atoms. The van der Waals surface area contributed by atoms with E-state index in [1.807, 2.05) is 10.3 Å². The van der Waals surface area contributed by atoms with Gasteiger partial charge in [0.15, 0.2) is 0 Å². The third-order valence-corrected chi connectivity index (χ3v) is 5.15. The van der Waals surface area contributed by atoms with Crippen LogP contribution in [0.15, 0.2) is 59.4 Å². The van der Waals surface area contributed by atoms with Crippen molar-refractivity contribution in [2.45, 2.75) is 18.9 Å². The van der Waals surface area contributed by atoms with E-state index in [9.17, 15) is 9.18 Å². The van der Waals surface area contributed by atoms with Crippen LogP contribution in [0.2, 0.25) is 0 Å². The largest absolute Gasteiger partial charge is 0.439 e. The predicted octanol–water partition coefficient (Wildman–Crippen LogP) is 5.44. The number of carbonyl (C=O) groups is 1. The van der Waals surface area contributed by atoms with Crippen molar-refractivity contribution in [2.75, 3.05) is 11.9 Å². The number of pyridine rings is 1. The molecule has 1 fully saturated rings. The van der Waals surface area contributed by atoms with Gasteiger partial charge in [-0.3, -0.25) is 0 Å². The molecular weight excluding hydrogens is 365 g/mol. The highest BCUT2D eigenvalue weighted by atomic mass is 32.1. The number of urea groups is 1. The Labute approximate surface area is 160 Å². The highest BCUT2D eigenvalue weighted by Crippen LogP contribution is 2.33. The molecule has 1 aliphatic rings. The summed E-state index contributed by atoms with van der Waals surface area (Å²) >= 11 is 1.64. The Morgan fingerprint density at radius 1 is 1.30 bits per heavy atom. The SMILES string of the molecule is O=C(Nc1ccc(Oc2cccc(F)c2)nc1)N1CCC[C@@H]1c1ccsc1. The van der Waals surface area contributed by atoms with Gasteiger partial charge in [-0.05, 0) is 53.4 Å². The van der Waals surface area contributed by atoms with Crippen molar-refractivity contribution in [1.29, 1.82) is 0 Å². The van der Waals surface area contributed by atoms with E-state index in [0.29, 0.717) is 17.3 Å². The maximum Gasteiger partial charge on any atom is 0.322 e. The van der Waals surface area contributed by atoms with E-state index in [2.05, 4.69) is 21.7 Å². The molecule has 2 aromatic heterocycles. The van der Waals surface area contributed by atoms with E-state index in [-0.39, 0.29) is 17.9 Å². The number of nitrogens with one attached hydrogen (secondary N) is 1. The lowest BCUT2D eigenvalue weighted by atomic mass is 10.1. The molecular formula is C20H18FN3O2S. The fraction of sp³-hybridized carbons (Fsp3) is 0.200. The molecule has 7 heteroatoms. The van der Waals surface area contributed by atoms with Crippen LogP contribution >= 0.6 is 11.3 Å². The maximum absolute atomic E-state index is 13.2. The molecule has 0 radical (unpaired) electrons. The minimum Gasteiger partial charge on any atom is -0.439 e. The first-order valence-corrected chi connectivity index (χ1v) is 9.62. The number of benzene rings is 1. The molecule has 138 valence electrons. The molecule has 5 nitrogen and oxygen atoms in total. The predicted molar refractivity (Wildman–Crippen MR) is 103 cm³/mol. The Hall–Kier alpha value is -2.93. The van der Waals surface area contributed by atoms with Crippen molar-refractivity contribution >= 4 is 23.1 Å². The van der Waals surface area contributed by atoms with Gasteiger partial charge < -0.3 is 15.0 Å². The van der Waals surface area contributed by atoms with E-state index >= 15 is 0 Å². The van der Waals surface area contributed by atoms with Crippen LogP contribution in [0.1, 0.15) is 24.4 Å². The molecule has 0 unspecified atom stereocenters. The van der Waals surface area contributed by atoms with Crippen molar-refractivity contribution in [2.24, 2.45) is 0 Å². The molecule has 1 aromatic carbocycles. The molecule has 0 saturated carbocycles. The summed E-state index contributed by atoms with van der Waals surface area (Å²) in [5.74, 6) is 0.327. The van der Waals surface area contributed by atoms with Crippen molar-refractivity contribution in [1.82, 2.24) is 9.88 Å². The topological polar surface area (TPSA) is 54.5 Å². The second-order valence-corrected chi connectivity index (χ2v) is 7.06. The minimum absolute atomic E-state index is 0.125. The molecule has 0 spiro atoms. The van der Waals surface area contributed by atoms with Gasteiger partial charge in [-0.15, -0.1) is 0 Å². The van der Waals surface area contributed by atoms with E-state index in [4.69, 9.17) is 4.74 Å². The molecule has 1 atom stereocenters. The summed E-state index contributed by atoms with van der Waals surface area (Å²) in [4.78, 5) is 18.7. The van der Waals surface area contributed by atoms with Crippen LogP contribution in [0, 0.1) is 5.82 Å². The zero-order chi connectivity index (χ0) is 18.6. The summed E-state index contributed by atoms with van der Waals surface area (Å²) in [6.45, 7) is 0.737. The highest BCUT2D eigenvalue weighted by molar-refractivity contribution is 7.08. The van der Waals surface area contributed by atoms with E-state index in [1.54, 1.807) is 35.6 Å². The van der Waals surface area contributed by atoms with Gasteiger partial charge in [0, 0.05) is 18.7 Å². The maximum atomic E-state index is 13.2. The Morgan fingerprint density at radius 3 is 2.96 bits per heavy atom. The van der Waals surface area contributed by atoms with Gasteiger partial charge in [-0.2, -0.15) is 11.3 Å². The minimum atomic E-state index is -0.373. The highest BCUT2D eigenvalue weighted by Gasteiger charge is 2.30. The average molecular weight is 383 g/mol. The van der Waals surface area contributed by atoms with Gasteiger partial charge in [0.25, 0.3) is 0 Å². The number of nitrogens with zero attached hydrogens (tertiary/aromatic N) is 2. The van der Waals surface area contributed by atoms with Crippen molar-refractivity contribution in [3.05, 3.63) is 70.8 Å². The number of hydrogen-bond donors (Lipinski definition) is 1. The fourth-order valence-corrected chi connectivity index (χ4v) is 3.89.